The van der Waals surface area contributed by atoms with Gasteiger partial charge in [0.15, 0.2) is 0 Å². The van der Waals surface area contributed by atoms with Gasteiger partial charge in [-0.3, -0.25) is 0 Å². The molecule has 0 aliphatic heterocycles. The van der Waals surface area contributed by atoms with Crippen molar-refractivity contribution in [2.24, 2.45) is 0 Å². The van der Waals surface area contributed by atoms with Crippen LogP contribution in [0.1, 0.15) is 246 Å². The van der Waals surface area contributed by atoms with Gasteiger partial charge in [-0.1, -0.05) is 207 Å². The zero-order valence-corrected chi connectivity index (χ0v) is 32.5. The standard InChI is InChI=1S/C42H88N.ClH/c1-5-9-11-13-15-17-19-21-23-25-27-29-31-33-35-37-41-43(39-7-3,40-8-4)42-38-36-34-32-30-28-26-24-22-20-18-16-14-12-10-6-2;/h5-42H2,1-4H3;1H/q+1;/p-1. The summed E-state index contributed by atoms with van der Waals surface area (Å²) in [5, 5.41) is 0. The maximum Gasteiger partial charge on any atom is 0.0786 e. The predicted molar refractivity (Wildman–Crippen MR) is 199 cm³/mol. The Bertz CT molecular complexity index is 448. The van der Waals surface area contributed by atoms with E-state index >= 15 is 0 Å². The van der Waals surface area contributed by atoms with E-state index in [-0.39, 0.29) is 12.4 Å². The molecule has 0 aliphatic carbocycles. The maximum atomic E-state index is 2.42. The molecule has 268 valence electrons. The highest BCUT2D eigenvalue weighted by atomic mass is 35.5. The van der Waals surface area contributed by atoms with Crippen LogP contribution in [0.4, 0.5) is 0 Å². The Labute approximate surface area is 288 Å². The molecule has 2 heteroatoms. The SMILES string of the molecule is CCCCCCCCCCCCCCCCCC[N+](CCC)(CCC)CCCCCCCCCCCCCCCCCC.[Cl-]. The molecule has 0 aromatic heterocycles. The van der Waals surface area contributed by atoms with Crippen LogP contribution in [-0.2, 0) is 0 Å². The van der Waals surface area contributed by atoms with Gasteiger partial charge in [0.05, 0.1) is 26.2 Å². The van der Waals surface area contributed by atoms with Gasteiger partial charge in [-0.25, -0.2) is 0 Å². The molecule has 0 spiro atoms. The van der Waals surface area contributed by atoms with Crippen LogP contribution in [0, 0.1) is 0 Å². The van der Waals surface area contributed by atoms with Crippen molar-refractivity contribution in [3.8, 4) is 0 Å². The molecule has 0 amide bonds. The Kier molecular flexibility index (Phi) is 41.6. The number of rotatable bonds is 38. The molecule has 1 nitrogen and oxygen atoms in total. The second-order valence-electron chi connectivity index (χ2n) is 14.8. The van der Waals surface area contributed by atoms with E-state index in [4.69, 9.17) is 0 Å². The van der Waals surface area contributed by atoms with Crippen molar-refractivity contribution in [3.05, 3.63) is 0 Å². The van der Waals surface area contributed by atoms with Crippen LogP contribution < -0.4 is 12.4 Å². The van der Waals surface area contributed by atoms with Crippen molar-refractivity contribution in [2.45, 2.75) is 246 Å². The zero-order valence-electron chi connectivity index (χ0n) is 31.7. The molecule has 44 heavy (non-hydrogen) atoms. The average Bonchev–Trinajstić information content (AvgIpc) is 3.01. The maximum absolute atomic E-state index is 2.42. The molecule has 0 aromatic rings. The van der Waals surface area contributed by atoms with E-state index in [0.29, 0.717) is 0 Å². The van der Waals surface area contributed by atoms with E-state index in [2.05, 4.69) is 27.7 Å². The molecular weight excluding hydrogens is 554 g/mol. The second-order valence-corrected chi connectivity index (χ2v) is 14.8. The number of unbranched alkanes of at least 4 members (excludes halogenated alkanes) is 30. The number of quaternary nitrogens is 1. The lowest BCUT2D eigenvalue weighted by Crippen LogP contribution is -3.00. The van der Waals surface area contributed by atoms with Gasteiger partial charge in [-0.05, 0) is 38.5 Å². The van der Waals surface area contributed by atoms with E-state index in [1.54, 1.807) is 0 Å². The van der Waals surface area contributed by atoms with Gasteiger partial charge < -0.3 is 16.9 Å². The highest BCUT2D eigenvalue weighted by molar-refractivity contribution is 4.54. The third-order valence-electron chi connectivity index (χ3n) is 10.4. The van der Waals surface area contributed by atoms with Crippen LogP contribution in [0.3, 0.4) is 0 Å². The molecule has 0 atom stereocenters. The van der Waals surface area contributed by atoms with Gasteiger partial charge in [0, 0.05) is 0 Å². The first kappa shape index (κ1) is 46.4. The summed E-state index contributed by atoms with van der Waals surface area (Å²) in [6.45, 7) is 15.2. The van der Waals surface area contributed by atoms with Gasteiger partial charge in [-0.2, -0.15) is 0 Å². The average molecular weight is 643 g/mol. The van der Waals surface area contributed by atoms with Crippen LogP contribution in [0.25, 0.3) is 0 Å². The molecule has 0 rings (SSSR count). The van der Waals surface area contributed by atoms with E-state index in [0.717, 1.165) is 0 Å². The summed E-state index contributed by atoms with van der Waals surface area (Å²) in [6, 6.07) is 0. The summed E-state index contributed by atoms with van der Waals surface area (Å²) in [5.74, 6) is 0. The molecule has 0 saturated heterocycles. The summed E-state index contributed by atoms with van der Waals surface area (Å²) in [5.41, 5.74) is 0. The lowest BCUT2D eigenvalue weighted by Gasteiger charge is -2.39. The summed E-state index contributed by atoms with van der Waals surface area (Å²) in [6.07, 6.45) is 49.8. The fourth-order valence-electron chi connectivity index (χ4n) is 7.61. The Morgan fingerprint density at radius 1 is 0.205 bits per heavy atom. The zero-order chi connectivity index (χ0) is 31.4. The van der Waals surface area contributed by atoms with Crippen LogP contribution in [0.2, 0.25) is 0 Å². The first-order chi connectivity index (χ1) is 21.2. The first-order valence-corrected chi connectivity index (χ1v) is 21.1. The summed E-state index contributed by atoms with van der Waals surface area (Å²) < 4.78 is 1.43. The molecule has 0 bridgehead atoms. The first-order valence-electron chi connectivity index (χ1n) is 21.1. The summed E-state index contributed by atoms with van der Waals surface area (Å²) in [7, 11) is 0. The fraction of sp³-hybridized carbons (Fsp3) is 1.00. The summed E-state index contributed by atoms with van der Waals surface area (Å²) in [4.78, 5) is 0. The minimum atomic E-state index is 0. The van der Waals surface area contributed by atoms with E-state index < -0.39 is 0 Å². The highest BCUT2D eigenvalue weighted by Gasteiger charge is 2.24. The van der Waals surface area contributed by atoms with Crippen molar-refractivity contribution in [1.82, 2.24) is 0 Å². The largest absolute Gasteiger partial charge is 1.00 e. The Hall–Kier alpha value is 0.250. The molecule has 0 saturated carbocycles. The van der Waals surface area contributed by atoms with Crippen LogP contribution in [0.5, 0.6) is 0 Å². The van der Waals surface area contributed by atoms with Crippen LogP contribution in [0.15, 0.2) is 0 Å². The number of hydrogen-bond acceptors (Lipinski definition) is 0. The molecule has 0 aromatic carbocycles. The van der Waals surface area contributed by atoms with Gasteiger partial charge in [0.25, 0.3) is 0 Å². The molecule has 0 radical (unpaired) electrons. The van der Waals surface area contributed by atoms with Crippen molar-refractivity contribution in [2.75, 3.05) is 26.2 Å². The smallest absolute Gasteiger partial charge is 0.0786 e. The molecule has 0 aliphatic rings. The molecule has 0 fully saturated rings. The lowest BCUT2D eigenvalue weighted by atomic mass is 10.0. The van der Waals surface area contributed by atoms with Gasteiger partial charge in [-0.15, -0.1) is 0 Å². The summed E-state index contributed by atoms with van der Waals surface area (Å²) >= 11 is 0. The van der Waals surface area contributed by atoms with Crippen molar-refractivity contribution in [3.63, 3.8) is 0 Å². The van der Waals surface area contributed by atoms with Gasteiger partial charge in [0.1, 0.15) is 0 Å². The molecular formula is C42H88ClN. The number of nitrogens with zero attached hydrogens (tertiary/aromatic N) is 1. The van der Waals surface area contributed by atoms with Crippen molar-refractivity contribution in [1.29, 1.82) is 0 Å². The quantitative estimate of drug-likeness (QED) is 0.0464. The van der Waals surface area contributed by atoms with Crippen molar-refractivity contribution >= 4 is 0 Å². The predicted octanol–water partition coefficient (Wildman–Crippen LogP) is 12.2. The topological polar surface area (TPSA) is 0 Å². The molecule has 0 heterocycles. The normalized spacial score (nSPS) is 11.7. The van der Waals surface area contributed by atoms with E-state index in [1.165, 1.54) is 249 Å². The van der Waals surface area contributed by atoms with Crippen LogP contribution >= 0.6 is 0 Å². The Morgan fingerprint density at radius 3 is 0.568 bits per heavy atom. The monoisotopic (exact) mass is 642 g/mol. The minimum absolute atomic E-state index is 0. The third kappa shape index (κ3) is 33.6. The number of halogens is 1. The lowest BCUT2D eigenvalue weighted by molar-refractivity contribution is -0.928. The minimum Gasteiger partial charge on any atom is -1.00 e. The third-order valence-corrected chi connectivity index (χ3v) is 10.4. The Balaban J connectivity index is 0. The van der Waals surface area contributed by atoms with Crippen LogP contribution in [-0.4, -0.2) is 30.7 Å². The van der Waals surface area contributed by atoms with Crippen molar-refractivity contribution < 1.29 is 16.9 Å². The second kappa shape index (κ2) is 39.4. The number of hydrogen-bond donors (Lipinski definition) is 0. The van der Waals surface area contributed by atoms with Gasteiger partial charge >= 0.3 is 0 Å². The molecule has 0 unspecified atom stereocenters. The van der Waals surface area contributed by atoms with E-state index in [1.807, 2.05) is 0 Å². The molecule has 0 N–H and O–H groups in total. The highest BCUT2D eigenvalue weighted by Crippen LogP contribution is 2.19. The van der Waals surface area contributed by atoms with E-state index in [9.17, 15) is 0 Å². The Morgan fingerprint density at radius 2 is 0.386 bits per heavy atom. The fourth-order valence-corrected chi connectivity index (χ4v) is 7.61. The van der Waals surface area contributed by atoms with Gasteiger partial charge in [0.2, 0.25) is 0 Å².